The molecule has 1 aliphatic carbocycles. The topological polar surface area (TPSA) is 16.1 Å². The SMILES string of the molecule is FC(F)(F)c1ccc(N2CC3CC=CCC3C2)nc1. The third-order valence-corrected chi connectivity index (χ3v) is 4.02. The van der Waals surface area contributed by atoms with Crippen molar-refractivity contribution in [3.8, 4) is 0 Å². The van der Waals surface area contributed by atoms with Gasteiger partial charge in [-0.3, -0.25) is 0 Å². The lowest BCUT2D eigenvalue weighted by atomic mass is 9.86. The number of pyridine rings is 1. The van der Waals surface area contributed by atoms with Crippen LogP contribution < -0.4 is 4.90 Å². The van der Waals surface area contributed by atoms with Crippen LogP contribution in [0.3, 0.4) is 0 Å². The predicted molar refractivity (Wildman–Crippen MR) is 66.8 cm³/mol. The van der Waals surface area contributed by atoms with Crippen molar-refractivity contribution in [3.63, 3.8) is 0 Å². The molecule has 0 saturated carbocycles. The van der Waals surface area contributed by atoms with Crippen LogP contribution in [0.25, 0.3) is 0 Å². The average Bonchev–Trinajstić information content (AvgIpc) is 2.81. The molecule has 19 heavy (non-hydrogen) atoms. The molecule has 2 heterocycles. The first kappa shape index (κ1) is 12.5. The minimum Gasteiger partial charge on any atom is -0.356 e. The summed E-state index contributed by atoms with van der Waals surface area (Å²) in [6, 6.07) is 2.59. The third-order valence-electron chi connectivity index (χ3n) is 4.02. The number of hydrogen-bond acceptors (Lipinski definition) is 2. The van der Waals surface area contributed by atoms with Crippen LogP contribution in [-0.4, -0.2) is 18.1 Å². The summed E-state index contributed by atoms with van der Waals surface area (Å²) in [5, 5.41) is 0. The molecule has 2 aliphatic rings. The van der Waals surface area contributed by atoms with Crippen molar-refractivity contribution in [2.24, 2.45) is 11.8 Å². The Bertz CT molecular complexity index is 462. The largest absolute Gasteiger partial charge is 0.417 e. The molecule has 0 radical (unpaired) electrons. The zero-order valence-electron chi connectivity index (χ0n) is 10.4. The molecule has 2 nitrogen and oxygen atoms in total. The molecule has 0 aromatic carbocycles. The Hall–Kier alpha value is -1.52. The van der Waals surface area contributed by atoms with Crippen LogP contribution in [0, 0.1) is 11.8 Å². The number of fused-ring (bicyclic) bond motifs is 1. The molecule has 102 valence electrons. The van der Waals surface area contributed by atoms with Crippen LogP contribution in [0.1, 0.15) is 18.4 Å². The van der Waals surface area contributed by atoms with Crippen molar-refractivity contribution in [1.29, 1.82) is 0 Å². The van der Waals surface area contributed by atoms with E-state index in [9.17, 15) is 13.2 Å². The Morgan fingerprint density at radius 2 is 1.68 bits per heavy atom. The first-order valence-corrected chi connectivity index (χ1v) is 6.47. The highest BCUT2D eigenvalue weighted by Gasteiger charge is 2.34. The summed E-state index contributed by atoms with van der Waals surface area (Å²) in [4.78, 5) is 6.07. The van der Waals surface area contributed by atoms with Crippen molar-refractivity contribution >= 4 is 5.82 Å². The molecule has 3 rings (SSSR count). The van der Waals surface area contributed by atoms with E-state index in [2.05, 4.69) is 22.0 Å². The first-order chi connectivity index (χ1) is 9.04. The lowest BCUT2D eigenvalue weighted by Crippen LogP contribution is -2.21. The van der Waals surface area contributed by atoms with E-state index in [0.717, 1.165) is 38.2 Å². The third kappa shape index (κ3) is 2.46. The highest BCUT2D eigenvalue weighted by molar-refractivity contribution is 5.41. The van der Waals surface area contributed by atoms with Crippen LogP contribution in [0.15, 0.2) is 30.5 Å². The Labute approximate surface area is 109 Å². The van der Waals surface area contributed by atoms with Crippen LogP contribution >= 0.6 is 0 Å². The van der Waals surface area contributed by atoms with Gasteiger partial charge in [0.1, 0.15) is 5.82 Å². The molecule has 1 aliphatic heterocycles. The van der Waals surface area contributed by atoms with Gasteiger partial charge < -0.3 is 4.90 Å². The van der Waals surface area contributed by atoms with Gasteiger partial charge in [0.05, 0.1) is 5.56 Å². The molecule has 0 amide bonds. The number of halogens is 3. The lowest BCUT2D eigenvalue weighted by Gasteiger charge is -2.17. The summed E-state index contributed by atoms with van der Waals surface area (Å²) in [6.07, 6.45) is 3.16. The van der Waals surface area contributed by atoms with E-state index in [1.807, 2.05) is 0 Å². The Morgan fingerprint density at radius 3 is 2.16 bits per heavy atom. The quantitative estimate of drug-likeness (QED) is 0.725. The second-order valence-corrected chi connectivity index (χ2v) is 5.27. The molecule has 1 fully saturated rings. The Kier molecular flexibility index (Phi) is 2.99. The van der Waals surface area contributed by atoms with E-state index >= 15 is 0 Å². The number of rotatable bonds is 1. The standard InChI is InChI=1S/C14H15F3N2/c15-14(16,17)12-5-6-13(18-7-12)19-8-10-3-1-2-4-11(10)9-19/h1-2,5-7,10-11H,3-4,8-9H2. The summed E-state index contributed by atoms with van der Waals surface area (Å²) in [7, 11) is 0. The normalized spacial score (nSPS) is 26.6. The second-order valence-electron chi connectivity index (χ2n) is 5.27. The maximum absolute atomic E-state index is 12.5. The van der Waals surface area contributed by atoms with E-state index < -0.39 is 11.7 Å². The van der Waals surface area contributed by atoms with Gasteiger partial charge in [-0.2, -0.15) is 13.2 Å². The van der Waals surface area contributed by atoms with Crippen molar-refractivity contribution in [2.75, 3.05) is 18.0 Å². The summed E-state index contributed by atoms with van der Waals surface area (Å²) in [5.74, 6) is 1.89. The van der Waals surface area contributed by atoms with Gasteiger partial charge in [-0.15, -0.1) is 0 Å². The van der Waals surface area contributed by atoms with Crippen LogP contribution in [0.4, 0.5) is 19.0 Å². The summed E-state index contributed by atoms with van der Waals surface area (Å²) < 4.78 is 37.4. The molecular formula is C14H15F3N2. The monoisotopic (exact) mass is 268 g/mol. The van der Waals surface area contributed by atoms with Crippen LogP contribution in [0.5, 0.6) is 0 Å². The van der Waals surface area contributed by atoms with Gasteiger partial charge in [0.2, 0.25) is 0 Å². The molecule has 2 unspecified atom stereocenters. The van der Waals surface area contributed by atoms with E-state index in [-0.39, 0.29) is 0 Å². The molecule has 1 aromatic rings. The summed E-state index contributed by atoms with van der Waals surface area (Å²) >= 11 is 0. The lowest BCUT2D eigenvalue weighted by molar-refractivity contribution is -0.137. The maximum Gasteiger partial charge on any atom is 0.417 e. The number of nitrogens with zero attached hydrogens (tertiary/aromatic N) is 2. The minimum atomic E-state index is -4.31. The zero-order valence-corrected chi connectivity index (χ0v) is 10.4. The summed E-state index contributed by atoms with van der Waals surface area (Å²) in [6.45, 7) is 1.79. The molecule has 0 N–H and O–H groups in total. The molecular weight excluding hydrogens is 253 g/mol. The fraction of sp³-hybridized carbons (Fsp3) is 0.500. The van der Waals surface area contributed by atoms with Gasteiger partial charge in [-0.1, -0.05) is 12.2 Å². The van der Waals surface area contributed by atoms with E-state index in [0.29, 0.717) is 17.7 Å². The van der Waals surface area contributed by atoms with Gasteiger partial charge in [0.25, 0.3) is 0 Å². The van der Waals surface area contributed by atoms with E-state index in [1.54, 1.807) is 0 Å². The van der Waals surface area contributed by atoms with Crippen molar-refractivity contribution in [1.82, 2.24) is 4.98 Å². The molecule has 0 spiro atoms. The zero-order chi connectivity index (χ0) is 13.5. The van der Waals surface area contributed by atoms with Gasteiger partial charge in [-0.05, 0) is 36.8 Å². The minimum absolute atomic E-state index is 0.620. The molecule has 1 saturated heterocycles. The maximum atomic E-state index is 12.5. The fourth-order valence-electron chi connectivity index (χ4n) is 2.94. The fourth-order valence-corrected chi connectivity index (χ4v) is 2.94. The highest BCUT2D eigenvalue weighted by Crippen LogP contribution is 2.35. The van der Waals surface area contributed by atoms with Gasteiger partial charge >= 0.3 is 6.18 Å². The number of alkyl halides is 3. The van der Waals surface area contributed by atoms with Crippen molar-refractivity contribution in [3.05, 3.63) is 36.0 Å². The Balaban J connectivity index is 1.74. The molecule has 5 heteroatoms. The predicted octanol–water partition coefficient (Wildman–Crippen LogP) is 3.50. The highest BCUT2D eigenvalue weighted by atomic mass is 19.4. The van der Waals surface area contributed by atoms with Crippen molar-refractivity contribution < 1.29 is 13.2 Å². The van der Waals surface area contributed by atoms with Crippen LogP contribution in [0.2, 0.25) is 0 Å². The second kappa shape index (κ2) is 4.54. The van der Waals surface area contributed by atoms with E-state index in [1.165, 1.54) is 6.07 Å². The van der Waals surface area contributed by atoms with Crippen LogP contribution in [-0.2, 0) is 6.18 Å². The number of anilines is 1. The van der Waals surface area contributed by atoms with Crippen molar-refractivity contribution in [2.45, 2.75) is 19.0 Å². The number of hydrogen-bond donors (Lipinski definition) is 0. The Morgan fingerprint density at radius 1 is 1.05 bits per heavy atom. The van der Waals surface area contributed by atoms with Gasteiger partial charge in [0.15, 0.2) is 0 Å². The van der Waals surface area contributed by atoms with Gasteiger partial charge in [-0.25, -0.2) is 4.98 Å². The molecule has 0 bridgehead atoms. The molecule has 1 aromatic heterocycles. The van der Waals surface area contributed by atoms with Gasteiger partial charge in [0, 0.05) is 19.3 Å². The van der Waals surface area contributed by atoms with E-state index in [4.69, 9.17) is 0 Å². The number of allylic oxidation sites excluding steroid dienone is 2. The smallest absolute Gasteiger partial charge is 0.356 e. The number of aromatic nitrogens is 1. The molecule has 2 atom stereocenters. The average molecular weight is 268 g/mol. The summed E-state index contributed by atoms with van der Waals surface area (Å²) in [5.41, 5.74) is -0.686. The first-order valence-electron chi connectivity index (χ1n) is 6.47.